The van der Waals surface area contributed by atoms with Gasteiger partial charge in [0.2, 0.25) is 0 Å². The van der Waals surface area contributed by atoms with Crippen LogP contribution in [0.15, 0.2) is 63.8 Å². The normalized spacial score (nSPS) is 18.2. The van der Waals surface area contributed by atoms with Crippen molar-refractivity contribution in [3.63, 3.8) is 0 Å². The average Bonchev–Trinajstić information content (AvgIpc) is 3.56. The first-order valence-corrected chi connectivity index (χ1v) is 11.4. The summed E-state index contributed by atoms with van der Waals surface area (Å²) in [5, 5.41) is 0. The molecule has 0 unspecified atom stereocenters. The topological polar surface area (TPSA) is 98.7 Å². The van der Waals surface area contributed by atoms with E-state index in [-0.39, 0.29) is 24.6 Å². The van der Waals surface area contributed by atoms with Crippen LogP contribution in [0.2, 0.25) is 0 Å². The van der Waals surface area contributed by atoms with Crippen LogP contribution in [-0.2, 0) is 9.53 Å². The molecule has 8 nitrogen and oxygen atoms in total. The summed E-state index contributed by atoms with van der Waals surface area (Å²) in [5.41, 5.74) is 2.43. The van der Waals surface area contributed by atoms with Crippen molar-refractivity contribution in [2.45, 2.75) is 45.2 Å². The molecule has 3 aromatic heterocycles. The molecule has 0 aliphatic carbocycles. The van der Waals surface area contributed by atoms with Gasteiger partial charge in [-0.15, -0.1) is 0 Å². The number of rotatable bonds is 5. The molecule has 5 rings (SSSR count). The molecule has 1 fully saturated rings. The molecule has 0 spiro atoms. The van der Waals surface area contributed by atoms with Gasteiger partial charge in [-0.05, 0) is 75.6 Å². The Labute approximate surface area is 196 Å². The summed E-state index contributed by atoms with van der Waals surface area (Å²) in [7, 11) is 0. The minimum absolute atomic E-state index is 0.147. The summed E-state index contributed by atoms with van der Waals surface area (Å²) >= 11 is 0. The number of carbonyl (C=O) groups is 2. The molecule has 34 heavy (non-hydrogen) atoms. The standard InChI is InChI=1S/C26H25N3O5/c1-16-6-3-7-17(2)29(16)23(30)15-34-26(31)18-10-11-19-20(14-18)28-25(22-9-5-13-33-22)24(27-19)21-8-4-12-32-21/h4-5,8-14,16-17H,3,6-7,15H2,1-2H3/t16-,17-/m1/s1. The summed E-state index contributed by atoms with van der Waals surface area (Å²) in [6.45, 7) is 3.78. The van der Waals surface area contributed by atoms with E-state index in [9.17, 15) is 9.59 Å². The van der Waals surface area contributed by atoms with Crippen LogP contribution in [0.25, 0.3) is 33.9 Å². The number of furan rings is 2. The van der Waals surface area contributed by atoms with E-state index < -0.39 is 5.97 Å². The number of fused-ring (bicyclic) bond motifs is 1. The van der Waals surface area contributed by atoms with Crippen LogP contribution < -0.4 is 0 Å². The predicted octanol–water partition coefficient (Wildman–Crippen LogP) is 5.10. The maximum atomic E-state index is 12.7. The van der Waals surface area contributed by atoms with Crippen molar-refractivity contribution in [3.8, 4) is 22.9 Å². The number of carbonyl (C=O) groups excluding carboxylic acids is 2. The molecule has 0 saturated carbocycles. The van der Waals surface area contributed by atoms with E-state index in [4.69, 9.17) is 23.5 Å². The van der Waals surface area contributed by atoms with Gasteiger partial charge >= 0.3 is 5.97 Å². The van der Waals surface area contributed by atoms with Gasteiger partial charge in [0.05, 0.1) is 29.1 Å². The largest absolute Gasteiger partial charge is 0.463 e. The lowest BCUT2D eigenvalue weighted by molar-refractivity contribution is -0.140. The summed E-state index contributed by atoms with van der Waals surface area (Å²) in [5.74, 6) is 0.342. The van der Waals surface area contributed by atoms with Gasteiger partial charge in [-0.1, -0.05) is 0 Å². The summed E-state index contributed by atoms with van der Waals surface area (Å²) in [6, 6.07) is 12.4. The van der Waals surface area contributed by atoms with Crippen molar-refractivity contribution in [2.24, 2.45) is 0 Å². The highest BCUT2D eigenvalue weighted by atomic mass is 16.5. The molecule has 1 aliphatic rings. The van der Waals surface area contributed by atoms with Crippen LogP contribution in [0.5, 0.6) is 0 Å². The summed E-state index contributed by atoms with van der Waals surface area (Å²) < 4.78 is 16.4. The van der Waals surface area contributed by atoms with Crippen LogP contribution in [0.4, 0.5) is 0 Å². The number of ether oxygens (including phenoxy) is 1. The van der Waals surface area contributed by atoms with Gasteiger partial charge < -0.3 is 18.5 Å². The molecular weight excluding hydrogens is 434 g/mol. The van der Waals surface area contributed by atoms with Gasteiger partial charge in [-0.2, -0.15) is 0 Å². The van der Waals surface area contributed by atoms with E-state index >= 15 is 0 Å². The Kier molecular flexibility index (Phi) is 5.88. The van der Waals surface area contributed by atoms with Crippen LogP contribution in [0.1, 0.15) is 43.5 Å². The summed E-state index contributed by atoms with van der Waals surface area (Å²) in [6.07, 6.45) is 6.16. The maximum Gasteiger partial charge on any atom is 0.338 e. The van der Waals surface area contributed by atoms with E-state index in [2.05, 4.69) is 0 Å². The molecule has 2 atom stereocenters. The fourth-order valence-electron chi connectivity index (χ4n) is 4.55. The van der Waals surface area contributed by atoms with Gasteiger partial charge in [0, 0.05) is 12.1 Å². The van der Waals surface area contributed by atoms with E-state index in [1.807, 2.05) is 18.7 Å². The minimum Gasteiger partial charge on any atom is -0.463 e. The van der Waals surface area contributed by atoms with Crippen molar-refractivity contribution >= 4 is 22.9 Å². The lowest BCUT2D eigenvalue weighted by Crippen LogP contribution is -2.49. The third-order valence-corrected chi connectivity index (χ3v) is 6.22. The Morgan fingerprint density at radius 2 is 1.56 bits per heavy atom. The Morgan fingerprint density at radius 1 is 0.941 bits per heavy atom. The lowest BCUT2D eigenvalue weighted by atomic mass is 9.97. The van der Waals surface area contributed by atoms with Gasteiger partial charge in [-0.25, -0.2) is 14.8 Å². The molecule has 0 radical (unpaired) electrons. The number of amides is 1. The van der Waals surface area contributed by atoms with Crippen molar-refractivity contribution in [2.75, 3.05) is 6.61 Å². The third-order valence-electron chi connectivity index (χ3n) is 6.22. The minimum atomic E-state index is -0.580. The summed E-state index contributed by atoms with van der Waals surface area (Å²) in [4.78, 5) is 36.7. The van der Waals surface area contributed by atoms with Crippen LogP contribution >= 0.6 is 0 Å². The number of hydrogen-bond acceptors (Lipinski definition) is 7. The molecule has 4 heterocycles. The molecule has 4 aromatic rings. The number of esters is 1. The van der Waals surface area contributed by atoms with Crippen molar-refractivity contribution in [3.05, 3.63) is 60.6 Å². The SMILES string of the molecule is C[C@@H]1CCC[C@@H](C)N1C(=O)COC(=O)c1ccc2nc(-c3ccco3)c(-c3ccco3)nc2c1. The van der Waals surface area contributed by atoms with E-state index in [0.29, 0.717) is 39.5 Å². The quantitative estimate of drug-likeness (QED) is 0.383. The highest BCUT2D eigenvalue weighted by Gasteiger charge is 2.29. The number of aromatic nitrogens is 2. The van der Waals surface area contributed by atoms with Gasteiger partial charge in [0.25, 0.3) is 5.91 Å². The van der Waals surface area contributed by atoms with E-state index in [1.54, 1.807) is 55.0 Å². The van der Waals surface area contributed by atoms with E-state index in [1.165, 1.54) is 0 Å². The van der Waals surface area contributed by atoms with Gasteiger partial charge in [0.1, 0.15) is 11.4 Å². The molecule has 1 saturated heterocycles. The maximum absolute atomic E-state index is 12.7. The molecule has 0 bridgehead atoms. The zero-order valence-corrected chi connectivity index (χ0v) is 19.1. The monoisotopic (exact) mass is 459 g/mol. The van der Waals surface area contributed by atoms with E-state index in [0.717, 1.165) is 19.3 Å². The Balaban J connectivity index is 1.40. The number of nitrogens with zero attached hydrogens (tertiary/aromatic N) is 3. The highest BCUT2D eigenvalue weighted by Crippen LogP contribution is 2.31. The third kappa shape index (κ3) is 4.19. The average molecular weight is 460 g/mol. The molecule has 174 valence electrons. The van der Waals surface area contributed by atoms with Crippen molar-refractivity contribution < 1.29 is 23.2 Å². The lowest BCUT2D eigenvalue weighted by Gasteiger charge is -2.38. The zero-order valence-electron chi connectivity index (χ0n) is 19.1. The number of piperidine rings is 1. The van der Waals surface area contributed by atoms with Crippen LogP contribution in [0, 0.1) is 0 Å². The number of likely N-dealkylation sites (tertiary alicyclic amines) is 1. The van der Waals surface area contributed by atoms with Crippen molar-refractivity contribution in [1.82, 2.24) is 14.9 Å². The second-order valence-electron chi connectivity index (χ2n) is 8.59. The second kappa shape index (κ2) is 9.13. The second-order valence-corrected chi connectivity index (χ2v) is 8.59. The van der Waals surface area contributed by atoms with Crippen LogP contribution in [-0.4, -0.2) is 45.4 Å². The van der Waals surface area contributed by atoms with Gasteiger partial charge in [-0.3, -0.25) is 4.79 Å². The van der Waals surface area contributed by atoms with Gasteiger partial charge in [0.15, 0.2) is 18.1 Å². The number of hydrogen-bond donors (Lipinski definition) is 0. The first-order chi connectivity index (χ1) is 16.5. The Hall–Kier alpha value is -3.94. The molecule has 1 aliphatic heterocycles. The molecule has 1 amide bonds. The Morgan fingerprint density at radius 3 is 2.15 bits per heavy atom. The first-order valence-electron chi connectivity index (χ1n) is 11.4. The number of benzene rings is 1. The fraction of sp³-hybridized carbons (Fsp3) is 0.308. The smallest absolute Gasteiger partial charge is 0.338 e. The first kappa shape index (κ1) is 21.9. The Bertz CT molecular complexity index is 1300. The van der Waals surface area contributed by atoms with Crippen LogP contribution in [0.3, 0.4) is 0 Å². The molecule has 8 heteroatoms. The zero-order chi connectivity index (χ0) is 23.7. The fourth-order valence-corrected chi connectivity index (χ4v) is 4.55. The molecule has 0 N–H and O–H groups in total. The molecule has 1 aromatic carbocycles. The van der Waals surface area contributed by atoms with Crippen molar-refractivity contribution in [1.29, 1.82) is 0 Å². The molecular formula is C26H25N3O5. The highest BCUT2D eigenvalue weighted by molar-refractivity contribution is 5.95. The predicted molar refractivity (Wildman–Crippen MR) is 125 cm³/mol.